The van der Waals surface area contributed by atoms with Crippen LogP contribution in [0.25, 0.3) is 0 Å². The van der Waals surface area contributed by atoms with Crippen molar-refractivity contribution in [1.82, 2.24) is 4.90 Å². The maximum atomic E-state index is 5.85. The van der Waals surface area contributed by atoms with Gasteiger partial charge in [-0.1, -0.05) is 19.4 Å². The highest BCUT2D eigenvalue weighted by Gasteiger charge is 2.07. The zero-order chi connectivity index (χ0) is 13.4. The average Bonchev–Trinajstić information content (AvgIpc) is 2.36. The van der Waals surface area contributed by atoms with Crippen LogP contribution in [0.3, 0.4) is 0 Å². The molecule has 0 saturated carbocycles. The molecule has 0 N–H and O–H groups in total. The number of halogens is 2. The summed E-state index contributed by atoms with van der Waals surface area (Å²) in [7, 11) is 1.68. The lowest BCUT2D eigenvalue weighted by molar-refractivity contribution is 0.277. The van der Waals surface area contributed by atoms with Gasteiger partial charge in [0, 0.05) is 19.0 Å². The third-order valence-corrected chi connectivity index (χ3v) is 3.64. The average molecular weight is 335 g/mol. The summed E-state index contributed by atoms with van der Waals surface area (Å²) < 4.78 is 6.24. The van der Waals surface area contributed by atoms with Gasteiger partial charge < -0.3 is 4.74 Å². The molecule has 2 nitrogen and oxygen atoms in total. The first kappa shape index (κ1) is 15.8. The van der Waals surface area contributed by atoms with Crippen LogP contribution in [-0.4, -0.2) is 31.0 Å². The van der Waals surface area contributed by atoms with E-state index in [2.05, 4.69) is 39.9 Å². The summed E-state index contributed by atoms with van der Waals surface area (Å²) >= 11 is 9.37. The molecule has 0 aliphatic carbocycles. The molecule has 0 amide bonds. The summed E-state index contributed by atoms with van der Waals surface area (Å²) in [5.74, 6) is 1.55. The van der Waals surface area contributed by atoms with E-state index >= 15 is 0 Å². The third-order valence-electron chi connectivity index (χ3n) is 2.85. The van der Waals surface area contributed by atoms with Crippen LogP contribution in [0.15, 0.2) is 22.7 Å². The van der Waals surface area contributed by atoms with Crippen LogP contribution in [0.2, 0.25) is 0 Å². The fraction of sp³-hybridized carbons (Fsp3) is 0.571. The Balaban J connectivity index is 2.64. The first-order valence-electron chi connectivity index (χ1n) is 6.32. The van der Waals surface area contributed by atoms with Gasteiger partial charge >= 0.3 is 0 Å². The van der Waals surface area contributed by atoms with Crippen LogP contribution in [0.5, 0.6) is 5.75 Å². The fourth-order valence-electron chi connectivity index (χ4n) is 1.84. The molecule has 102 valence electrons. The van der Waals surface area contributed by atoms with E-state index < -0.39 is 0 Å². The molecule has 0 heterocycles. The van der Waals surface area contributed by atoms with E-state index in [0.717, 1.165) is 29.9 Å². The number of benzene rings is 1. The lowest BCUT2D eigenvalue weighted by atomic mass is 10.2. The molecule has 0 aromatic heterocycles. The van der Waals surface area contributed by atoms with Crippen molar-refractivity contribution >= 4 is 27.5 Å². The van der Waals surface area contributed by atoms with Gasteiger partial charge in [0.25, 0.3) is 0 Å². The van der Waals surface area contributed by atoms with Crippen LogP contribution in [0.4, 0.5) is 0 Å². The Morgan fingerprint density at radius 2 is 2.11 bits per heavy atom. The van der Waals surface area contributed by atoms with Crippen LogP contribution < -0.4 is 4.74 Å². The summed E-state index contributed by atoms with van der Waals surface area (Å²) in [5.41, 5.74) is 1.28. The Morgan fingerprint density at radius 3 is 2.67 bits per heavy atom. The van der Waals surface area contributed by atoms with E-state index in [9.17, 15) is 0 Å². The molecular weight excluding hydrogens is 314 g/mol. The minimum absolute atomic E-state index is 0.682. The van der Waals surface area contributed by atoms with Crippen molar-refractivity contribution in [3.8, 4) is 5.75 Å². The Bertz CT molecular complexity index is 360. The standard InChI is InChI=1S/C14H21BrClNO/c1-3-4-8-17(9-7-16)11-12-5-6-14(18-2)13(15)10-12/h5-6,10H,3-4,7-9,11H2,1-2H3. The van der Waals surface area contributed by atoms with Gasteiger partial charge in [0.05, 0.1) is 11.6 Å². The quantitative estimate of drug-likeness (QED) is 0.657. The molecule has 0 radical (unpaired) electrons. The molecule has 0 saturated heterocycles. The highest BCUT2D eigenvalue weighted by atomic mass is 79.9. The molecular formula is C14H21BrClNO. The number of hydrogen-bond donors (Lipinski definition) is 0. The normalized spacial score (nSPS) is 10.9. The van der Waals surface area contributed by atoms with Gasteiger partial charge in [0.15, 0.2) is 0 Å². The van der Waals surface area contributed by atoms with Crippen molar-refractivity contribution < 1.29 is 4.74 Å². The van der Waals surface area contributed by atoms with Crippen molar-refractivity contribution in [2.45, 2.75) is 26.3 Å². The highest BCUT2D eigenvalue weighted by molar-refractivity contribution is 9.10. The largest absolute Gasteiger partial charge is 0.496 e. The van der Waals surface area contributed by atoms with Crippen molar-refractivity contribution in [1.29, 1.82) is 0 Å². The Kier molecular flexibility index (Phi) is 7.71. The molecule has 0 atom stereocenters. The van der Waals surface area contributed by atoms with Crippen molar-refractivity contribution in [2.24, 2.45) is 0 Å². The molecule has 1 rings (SSSR count). The molecule has 4 heteroatoms. The number of methoxy groups -OCH3 is 1. The van der Waals surface area contributed by atoms with Crippen LogP contribution in [-0.2, 0) is 6.54 Å². The smallest absolute Gasteiger partial charge is 0.133 e. The van der Waals surface area contributed by atoms with Gasteiger partial charge in [0.1, 0.15) is 5.75 Å². The SMILES string of the molecule is CCCCN(CCCl)Cc1ccc(OC)c(Br)c1. The van der Waals surface area contributed by atoms with E-state index in [1.807, 2.05) is 6.07 Å². The first-order valence-corrected chi connectivity index (χ1v) is 7.64. The number of alkyl halides is 1. The monoisotopic (exact) mass is 333 g/mol. The maximum absolute atomic E-state index is 5.85. The van der Waals surface area contributed by atoms with Gasteiger partial charge in [0.2, 0.25) is 0 Å². The molecule has 0 unspecified atom stereocenters. The van der Waals surface area contributed by atoms with Gasteiger partial charge in [-0.05, 0) is 46.6 Å². The minimum Gasteiger partial charge on any atom is -0.496 e. The van der Waals surface area contributed by atoms with Gasteiger partial charge in [-0.25, -0.2) is 0 Å². The molecule has 18 heavy (non-hydrogen) atoms. The molecule has 0 spiro atoms. The Hall–Kier alpha value is -0.250. The topological polar surface area (TPSA) is 12.5 Å². The molecule has 1 aromatic rings. The highest BCUT2D eigenvalue weighted by Crippen LogP contribution is 2.26. The van der Waals surface area contributed by atoms with E-state index in [-0.39, 0.29) is 0 Å². The first-order chi connectivity index (χ1) is 8.71. The zero-order valence-electron chi connectivity index (χ0n) is 11.1. The minimum atomic E-state index is 0.682. The van der Waals surface area contributed by atoms with E-state index in [1.165, 1.54) is 18.4 Å². The van der Waals surface area contributed by atoms with Gasteiger partial charge in [-0.15, -0.1) is 11.6 Å². The number of unbranched alkanes of at least 4 members (excludes halogenated alkanes) is 1. The molecule has 0 aliphatic rings. The van der Waals surface area contributed by atoms with Gasteiger partial charge in [-0.2, -0.15) is 0 Å². The van der Waals surface area contributed by atoms with Crippen molar-refractivity contribution in [3.05, 3.63) is 28.2 Å². The second-order valence-corrected chi connectivity index (χ2v) is 5.52. The summed E-state index contributed by atoms with van der Waals surface area (Å²) in [5, 5.41) is 0. The fourth-order valence-corrected chi connectivity index (χ4v) is 2.66. The lowest BCUT2D eigenvalue weighted by Gasteiger charge is -2.21. The van der Waals surface area contributed by atoms with E-state index in [0.29, 0.717) is 5.88 Å². The van der Waals surface area contributed by atoms with E-state index in [4.69, 9.17) is 16.3 Å². The van der Waals surface area contributed by atoms with Crippen LogP contribution in [0.1, 0.15) is 25.3 Å². The third kappa shape index (κ3) is 5.17. The summed E-state index contributed by atoms with van der Waals surface area (Å²) in [6.45, 7) is 5.19. The number of rotatable bonds is 8. The second kappa shape index (κ2) is 8.78. The summed E-state index contributed by atoms with van der Waals surface area (Å²) in [4.78, 5) is 2.39. The Morgan fingerprint density at radius 1 is 1.33 bits per heavy atom. The Labute approximate surface area is 123 Å². The van der Waals surface area contributed by atoms with Crippen LogP contribution in [0, 0.1) is 0 Å². The second-order valence-electron chi connectivity index (χ2n) is 4.29. The summed E-state index contributed by atoms with van der Waals surface area (Å²) in [6.07, 6.45) is 2.43. The zero-order valence-corrected chi connectivity index (χ0v) is 13.4. The number of nitrogens with zero attached hydrogens (tertiary/aromatic N) is 1. The molecule has 0 aliphatic heterocycles. The van der Waals surface area contributed by atoms with E-state index in [1.54, 1.807) is 7.11 Å². The lowest BCUT2D eigenvalue weighted by Crippen LogP contribution is -2.26. The van der Waals surface area contributed by atoms with Gasteiger partial charge in [-0.3, -0.25) is 4.90 Å². The predicted octanol–water partition coefficient (Wildman–Crippen LogP) is 4.30. The molecule has 0 fully saturated rings. The molecule has 0 bridgehead atoms. The number of hydrogen-bond acceptors (Lipinski definition) is 2. The van der Waals surface area contributed by atoms with Crippen molar-refractivity contribution in [2.75, 3.05) is 26.1 Å². The van der Waals surface area contributed by atoms with Crippen molar-refractivity contribution in [3.63, 3.8) is 0 Å². The summed E-state index contributed by atoms with van der Waals surface area (Å²) in [6, 6.07) is 6.22. The molecule has 1 aromatic carbocycles. The van der Waals surface area contributed by atoms with Crippen LogP contribution >= 0.6 is 27.5 Å². The predicted molar refractivity (Wildman–Crippen MR) is 81.6 cm³/mol. The maximum Gasteiger partial charge on any atom is 0.133 e. The number of ether oxygens (including phenoxy) is 1.